The van der Waals surface area contributed by atoms with E-state index >= 15 is 0 Å². The van der Waals surface area contributed by atoms with Gasteiger partial charge in [-0.15, -0.1) is 0 Å². The Kier molecular flexibility index (Phi) is 4.99. The van der Waals surface area contributed by atoms with Gasteiger partial charge in [0.1, 0.15) is 19.0 Å². The minimum absolute atomic E-state index is 0.0194. The molecule has 2 aromatic rings. The van der Waals surface area contributed by atoms with Crippen LogP contribution in [0.2, 0.25) is 0 Å². The summed E-state index contributed by atoms with van der Waals surface area (Å²) in [5.41, 5.74) is 1.19. The third-order valence-electron chi connectivity index (χ3n) is 3.46. The summed E-state index contributed by atoms with van der Waals surface area (Å²) < 4.78 is 16.4. The average molecular weight is 313 g/mol. The number of ether oxygens (including phenoxy) is 3. The first-order chi connectivity index (χ1) is 11.3. The molecule has 1 N–H and O–H groups in total. The normalized spacial score (nSPS) is 12.5. The van der Waals surface area contributed by atoms with Crippen LogP contribution in [0.25, 0.3) is 0 Å². The third-order valence-corrected chi connectivity index (χ3v) is 3.46. The molecule has 0 spiro atoms. The molecular formula is C18H19NO4. The molecule has 1 aliphatic rings. The molecule has 120 valence electrons. The average Bonchev–Trinajstić information content (AvgIpc) is 2.61. The molecule has 0 aliphatic carbocycles. The maximum Gasteiger partial charge on any atom is 0.257 e. The number of carbonyl (C=O) groups is 1. The molecular weight excluding hydrogens is 294 g/mol. The number of hydrogen-bond acceptors (Lipinski definition) is 4. The number of amides is 1. The first kappa shape index (κ1) is 15.2. The van der Waals surface area contributed by atoms with Crippen molar-refractivity contribution in [3.63, 3.8) is 0 Å². The van der Waals surface area contributed by atoms with Gasteiger partial charge < -0.3 is 19.5 Å². The monoisotopic (exact) mass is 313 g/mol. The summed E-state index contributed by atoms with van der Waals surface area (Å²) in [5.74, 6) is 1.80. The van der Waals surface area contributed by atoms with Crippen molar-refractivity contribution in [1.29, 1.82) is 0 Å². The lowest BCUT2D eigenvalue weighted by Crippen LogP contribution is -2.30. The molecule has 1 heterocycles. The topological polar surface area (TPSA) is 56.8 Å². The lowest BCUT2D eigenvalue weighted by molar-refractivity contribution is -0.123. The molecule has 0 bridgehead atoms. The van der Waals surface area contributed by atoms with Gasteiger partial charge in [-0.1, -0.05) is 30.3 Å². The number of benzene rings is 2. The molecule has 0 fully saturated rings. The van der Waals surface area contributed by atoms with Crippen LogP contribution in [0.5, 0.6) is 17.2 Å². The van der Waals surface area contributed by atoms with Crippen molar-refractivity contribution in [3.8, 4) is 17.2 Å². The summed E-state index contributed by atoms with van der Waals surface area (Å²) in [4.78, 5) is 11.8. The smallest absolute Gasteiger partial charge is 0.257 e. The van der Waals surface area contributed by atoms with Gasteiger partial charge in [0.25, 0.3) is 5.91 Å². The summed E-state index contributed by atoms with van der Waals surface area (Å²) in [5, 5.41) is 2.84. The second kappa shape index (κ2) is 7.54. The van der Waals surface area contributed by atoms with Gasteiger partial charge >= 0.3 is 0 Å². The molecule has 1 aliphatic heterocycles. The highest BCUT2D eigenvalue weighted by molar-refractivity contribution is 5.77. The predicted molar refractivity (Wildman–Crippen MR) is 86.1 cm³/mol. The Balaban J connectivity index is 1.42. The molecule has 0 atom stereocenters. The molecule has 0 aromatic heterocycles. The highest BCUT2D eigenvalue weighted by Gasteiger charge is 2.12. The van der Waals surface area contributed by atoms with Gasteiger partial charge in [0.05, 0.1) is 0 Å². The Hall–Kier alpha value is -2.69. The first-order valence-corrected chi connectivity index (χ1v) is 7.64. The van der Waals surface area contributed by atoms with Crippen molar-refractivity contribution in [3.05, 3.63) is 54.1 Å². The minimum atomic E-state index is -0.143. The fourth-order valence-electron chi connectivity index (χ4n) is 2.30. The van der Waals surface area contributed by atoms with Crippen molar-refractivity contribution in [2.24, 2.45) is 0 Å². The largest absolute Gasteiger partial charge is 0.486 e. The summed E-state index contributed by atoms with van der Waals surface area (Å²) >= 11 is 0. The van der Waals surface area contributed by atoms with E-state index in [0.29, 0.717) is 37.0 Å². The zero-order valence-electron chi connectivity index (χ0n) is 12.8. The fourth-order valence-corrected chi connectivity index (χ4v) is 2.30. The number of hydrogen-bond donors (Lipinski definition) is 1. The number of rotatable bonds is 6. The summed E-state index contributed by atoms with van der Waals surface area (Å²) in [6, 6.07) is 15.3. The van der Waals surface area contributed by atoms with Gasteiger partial charge in [-0.05, 0) is 24.1 Å². The van der Waals surface area contributed by atoms with Gasteiger partial charge in [-0.25, -0.2) is 0 Å². The van der Waals surface area contributed by atoms with E-state index < -0.39 is 0 Å². The van der Waals surface area contributed by atoms with E-state index in [9.17, 15) is 4.79 Å². The quantitative estimate of drug-likeness (QED) is 0.888. The Morgan fingerprint density at radius 1 is 1.04 bits per heavy atom. The predicted octanol–water partition coefficient (Wildman–Crippen LogP) is 2.20. The van der Waals surface area contributed by atoms with Crippen LogP contribution in [-0.2, 0) is 11.2 Å². The Morgan fingerprint density at radius 3 is 2.65 bits per heavy atom. The van der Waals surface area contributed by atoms with E-state index in [2.05, 4.69) is 5.32 Å². The Labute approximate surface area is 135 Å². The maximum atomic E-state index is 11.8. The number of fused-ring (bicyclic) bond motifs is 1. The maximum absolute atomic E-state index is 11.8. The molecule has 0 saturated carbocycles. The molecule has 0 saturated heterocycles. The second-order valence-electron chi connectivity index (χ2n) is 5.18. The summed E-state index contributed by atoms with van der Waals surface area (Å²) in [6.45, 7) is 1.65. The van der Waals surface area contributed by atoms with Crippen molar-refractivity contribution in [1.82, 2.24) is 5.32 Å². The van der Waals surface area contributed by atoms with E-state index in [1.54, 1.807) is 18.2 Å². The third kappa shape index (κ3) is 4.39. The standard InChI is InChI=1S/C18H19NO4/c20-18(19-9-8-14-4-2-1-3-5-14)13-23-15-6-7-16-17(12-15)22-11-10-21-16/h1-7,12H,8-11,13H2,(H,19,20). The molecule has 0 unspecified atom stereocenters. The minimum Gasteiger partial charge on any atom is -0.486 e. The van der Waals surface area contributed by atoms with Crippen LogP contribution in [0.1, 0.15) is 5.56 Å². The molecule has 23 heavy (non-hydrogen) atoms. The summed E-state index contributed by atoms with van der Waals surface area (Å²) in [6.07, 6.45) is 0.802. The zero-order valence-corrected chi connectivity index (χ0v) is 12.8. The number of carbonyl (C=O) groups excluding carboxylic acids is 1. The van der Waals surface area contributed by atoms with Crippen LogP contribution < -0.4 is 19.5 Å². The van der Waals surface area contributed by atoms with E-state index in [0.717, 1.165) is 6.42 Å². The molecule has 5 heteroatoms. The Morgan fingerprint density at radius 2 is 1.83 bits per heavy atom. The molecule has 5 nitrogen and oxygen atoms in total. The van der Waals surface area contributed by atoms with Gasteiger partial charge in [0.2, 0.25) is 0 Å². The van der Waals surface area contributed by atoms with Crippen LogP contribution in [0.15, 0.2) is 48.5 Å². The van der Waals surface area contributed by atoms with E-state index in [1.807, 2.05) is 30.3 Å². The van der Waals surface area contributed by atoms with E-state index in [4.69, 9.17) is 14.2 Å². The van der Waals surface area contributed by atoms with Crippen LogP contribution in [-0.4, -0.2) is 32.3 Å². The highest BCUT2D eigenvalue weighted by atomic mass is 16.6. The van der Waals surface area contributed by atoms with Gasteiger partial charge in [-0.3, -0.25) is 4.79 Å². The van der Waals surface area contributed by atoms with E-state index in [-0.39, 0.29) is 12.5 Å². The van der Waals surface area contributed by atoms with Crippen molar-refractivity contribution in [2.45, 2.75) is 6.42 Å². The second-order valence-corrected chi connectivity index (χ2v) is 5.18. The number of nitrogens with one attached hydrogen (secondary N) is 1. The lowest BCUT2D eigenvalue weighted by Gasteiger charge is -2.18. The molecule has 0 radical (unpaired) electrons. The first-order valence-electron chi connectivity index (χ1n) is 7.64. The lowest BCUT2D eigenvalue weighted by atomic mass is 10.1. The van der Waals surface area contributed by atoms with Crippen molar-refractivity contribution in [2.75, 3.05) is 26.4 Å². The van der Waals surface area contributed by atoms with Crippen molar-refractivity contribution < 1.29 is 19.0 Å². The van der Waals surface area contributed by atoms with Crippen LogP contribution in [0, 0.1) is 0 Å². The summed E-state index contributed by atoms with van der Waals surface area (Å²) in [7, 11) is 0. The zero-order chi connectivity index (χ0) is 15.9. The SMILES string of the molecule is O=C(COc1ccc2c(c1)OCCO2)NCCc1ccccc1. The molecule has 2 aromatic carbocycles. The van der Waals surface area contributed by atoms with Gasteiger partial charge in [0.15, 0.2) is 18.1 Å². The molecule has 1 amide bonds. The van der Waals surface area contributed by atoms with Crippen LogP contribution >= 0.6 is 0 Å². The van der Waals surface area contributed by atoms with E-state index in [1.165, 1.54) is 5.56 Å². The van der Waals surface area contributed by atoms with Crippen LogP contribution in [0.4, 0.5) is 0 Å². The van der Waals surface area contributed by atoms with Gasteiger partial charge in [-0.2, -0.15) is 0 Å². The van der Waals surface area contributed by atoms with Gasteiger partial charge in [0, 0.05) is 12.6 Å². The fraction of sp³-hybridized carbons (Fsp3) is 0.278. The van der Waals surface area contributed by atoms with Crippen LogP contribution in [0.3, 0.4) is 0 Å². The van der Waals surface area contributed by atoms with Crippen molar-refractivity contribution >= 4 is 5.91 Å². The molecule has 3 rings (SSSR count). The Bertz CT molecular complexity index is 657. The highest BCUT2D eigenvalue weighted by Crippen LogP contribution is 2.33.